The molecule has 24 heavy (non-hydrogen) atoms. The lowest BCUT2D eigenvalue weighted by molar-refractivity contribution is -0.121. The second kappa shape index (κ2) is 7.66. The van der Waals surface area contributed by atoms with Gasteiger partial charge in [0.05, 0.1) is 6.10 Å². The van der Waals surface area contributed by atoms with E-state index in [1.807, 2.05) is 30.9 Å². The molecule has 1 N–H and O–H groups in total. The molecule has 3 rings (SSSR count). The third kappa shape index (κ3) is 3.81. The van der Waals surface area contributed by atoms with Crippen molar-refractivity contribution >= 4 is 11.6 Å². The Morgan fingerprint density at radius 1 is 1.12 bits per heavy atom. The summed E-state index contributed by atoms with van der Waals surface area (Å²) < 4.78 is 0. The lowest BCUT2D eigenvalue weighted by Crippen LogP contribution is -2.38. The number of aliphatic hydroxyl groups excluding tert-OH is 1. The topological polar surface area (TPSA) is 43.8 Å². The zero-order valence-electron chi connectivity index (χ0n) is 15.0. The Morgan fingerprint density at radius 3 is 2.58 bits per heavy atom. The van der Waals surface area contributed by atoms with Gasteiger partial charge in [0.25, 0.3) is 0 Å². The molecule has 4 nitrogen and oxygen atoms in total. The van der Waals surface area contributed by atoms with E-state index >= 15 is 0 Å². The van der Waals surface area contributed by atoms with E-state index in [9.17, 15) is 9.90 Å². The van der Waals surface area contributed by atoms with Crippen LogP contribution in [0.1, 0.15) is 56.8 Å². The molecule has 132 valence electrons. The van der Waals surface area contributed by atoms with Gasteiger partial charge in [-0.2, -0.15) is 0 Å². The van der Waals surface area contributed by atoms with Crippen molar-refractivity contribution in [3.8, 4) is 0 Å². The smallest absolute Gasteiger partial charge is 0.229 e. The summed E-state index contributed by atoms with van der Waals surface area (Å²) in [6.07, 6.45) is 5.33. The molecule has 1 fully saturated rings. The Hall–Kier alpha value is -1.39. The number of benzene rings is 1. The van der Waals surface area contributed by atoms with Crippen molar-refractivity contribution in [2.24, 2.45) is 5.92 Å². The number of piperidine rings is 1. The number of fused-ring (bicyclic) bond motifs is 1. The second-order valence-electron chi connectivity index (χ2n) is 7.51. The summed E-state index contributed by atoms with van der Waals surface area (Å²) in [5, 5.41) is 10.6. The first-order valence-electron chi connectivity index (χ1n) is 9.41. The Bertz CT molecular complexity index is 579. The van der Waals surface area contributed by atoms with Crippen LogP contribution in [0.4, 0.5) is 5.69 Å². The van der Waals surface area contributed by atoms with E-state index in [-0.39, 0.29) is 11.8 Å². The number of hydrogen-bond donors (Lipinski definition) is 1. The van der Waals surface area contributed by atoms with Gasteiger partial charge in [-0.25, -0.2) is 0 Å². The molecule has 1 unspecified atom stereocenters. The first-order valence-corrected chi connectivity index (χ1v) is 9.41. The minimum atomic E-state index is -0.440. The molecule has 4 heteroatoms. The van der Waals surface area contributed by atoms with Crippen LogP contribution < -0.4 is 4.90 Å². The van der Waals surface area contributed by atoms with Gasteiger partial charge in [0, 0.05) is 24.7 Å². The largest absolute Gasteiger partial charge is 0.387 e. The van der Waals surface area contributed by atoms with Crippen LogP contribution in [0.2, 0.25) is 0 Å². The number of aliphatic hydroxyl groups is 1. The normalized spacial score (nSPS) is 20.1. The van der Waals surface area contributed by atoms with Crippen molar-refractivity contribution in [2.45, 2.75) is 52.1 Å². The van der Waals surface area contributed by atoms with Crippen molar-refractivity contribution in [1.82, 2.24) is 4.90 Å². The fraction of sp³-hybridized carbons (Fsp3) is 0.650. The highest BCUT2D eigenvalue weighted by molar-refractivity contribution is 5.95. The summed E-state index contributed by atoms with van der Waals surface area (Å²) in [5.74, 6) is 0.206. The number of carbonyl (C=O) groups excluding carboxylic acids is 1. The molecule has 0 radical (unpaired) electrons. The zero-order valence-corrected chi connectivity index (χ0v) is 15.0. The average Bonchev–Trinajstić information content (AvgIpc) is 2.60. The van der Waals surface area contributed by atoms with Crippen molar-refractivity contribution < 1.29 is 9.90 Å². The van der Waals surface area contributed by atoms with Crippen LogP contribution >= 0.6 is 0 Å². The Labute approximate surface area is 145 Å². The van der Waals surface area contributed by atoms with E-state index in [2.05, 4.69) is 11.0 Å². The SMILES string of the molecule is CC(C)C(=O)N1CCCc2cc(C(O)CN3CCCCC3)ccc21. The number of anilines is 1. The van der Waals surface area contributed by atoms with Gasteiger partial charge in [0.15, 0.2) is 0 Å². The van der Waals surface area contributed by atoms with E-state index in [1.54, 1.807) is 0 Å². The quantitative estimate of drug-likeness (QED) is 0.922. The molecule has 0 aliphatic carbocycles. The fourth-order valence-electron chi connectivity index (χ4n) is 3.86. The molecule has 2 heterocycles. The Balaban J connectivity index is 1.74. The van der Waals surface area contributed by atoms with Gasteiger partial charge in [-0.15, -0.1) is 0 Å². The van der Waals surface area contributed by atoms with Gasteiger partial charge in [-0.05, 0) is 56.0 Å². The number of carbonyl (C=O) groups is 1. The summed E-state index contributed by atoms with van der Waals surface area (Å²) in [6.45, 7) is 7.62. The third-order valence-corrected chi connectivity index (χ3v) is 5.25. The number of hydrogen-bond acceptors (Lipinski definition) is 3. The van der Waals surface area contributed by atoms with Crippen LogP contribution in [0.15, 0.2) is 18.2 Å². The molecule has 0 aromatic heterocycles. The maximum absolute atomic E-state index is 12.4. The van der Waals surface area contributed by atoms with Crippen LogP contribution in [0.3, 0.4) is 0 Å². The van der Waals surface area contributed by atoms with E-state index in [0.717, 1.165) is 43.7 Å². The summed E-state index contributed by atoms with van der Waals surface area (Å²) in [4.78, 5) is 16.7. The highest BCUT2D eigenvalue weighted by Gasteiger charge is 2.25. The minimum Gasteiger partial charge on any atom is -0.387 e. The lowest BCUT2D eigenvalue weighted by atomic mass is 9.96. The molecule has 0 spiro atoms. The summed E-state index contributed by atoms with van der Waals surface area (Å²) >= 11 is 0. The average molecular weight is 330 g/mol. The number of β-amino-alcohol motifs (C(OH)–C–C–N with tert-alkyl or cyclic N) is 1. The van der Waals surface area contributed by atoms with Gasteiger partial charge in [0.2, 0.25) is 5.91 Å². The minimum absolute atomic E-state index is 0.0142. The zero-order chi connectivity index (χ0) is 17.1. The second-order valence-corrected chi connectivity index (χ2v) is 7.51. The highest BCUT2D eigenvalue weighted by atomic mass is 16.3. The monoisotopic (exact) mass is 330 g/mol. The van der Waals surface area contributed by atoms with E-state index in [1.165, 1.54) is 24.8 Å². The van der Waals surface area contributed by atoms with Gasteiger partial charge in [-0.3, -0.25) is 4.79 Å². The molecule has 1 aromatic carbocycles. The molecule has 1 amide bonds. The Kier molecular flexibility index (Phi) is 5.57. The predicted molar refractivity (Wildman–Crippen MR) is 97.2 cm³/mol. The molecule has 0 bridgehead atoms. The Morgan fingerprint density at radius 2 is 1.88 bits per heavy atom. The number of amides is 1. The standard InChI is InChI=1S/C20H30N2O2/c1-15(2)20(24)22-12-6-7-16-13-17(8-9-18(16)22)19(23)14-21-10-4-3-5-11-21/h8-9,13,15,19,23H,3-7,10-12,14H2,1-2H3. The molecule has 1 aromatic rings. The molecular formula is C20H30N2O2. The number of likely N-dealkylation sites (tertiary alicyclic amines) is 1. The van der Waals surface area contributed by atoms with Gasteiger partial charge < -0.3 is 14.9 Å². The van der Waals surface area contributed by atoms with Crippen molar-refractivity contribution in [2.75, 3.05) is 31.1 Å². The molecule has 1 atom stereocenters. The van der Waals surface area contributed by atoms with Gasteiger partial charge in [-0.1, -0.05) is 32.4 Å². The van der Waals surface area contributed by atoms with E-state index in [4.69, 9.17) is 0 Å². The van der Waals surface area contributed by atoms with Crippen LogP contribution in [0.5, 0.6) is 0 Å². The number of nitrogens with zero attached hydrogens (tertiary/aromatic N) is 2. The van der Waals surface area contributed by atoms with Crippen LogP contribution in [0, 0.1) is 5.92 Å². The number of rotatable bonds is 4. The van der Waals surface area contributed by atoms with Crippen molar-refractivity contribution in [3.05, 3.63) is 29.3 Å². The predicted octanol–water partition coefficient (Wildman–Crippen LogP) is 3.14. The molecule has 2 aliphatic heterocycles. The summed E-state index contributed by atoms with van der Waals surface area (Å²) in [6, 6.07) is 6.15. The number of aryl methyl sites for hydroxylation is 1. The molecule has 1 saturated heterocycles. The van der Waals surface area contributed by atoms with Crippen molar-refractivity contribution in [1.29, 1.82) is 0 Å². The van der Waals surface area contributed by atoms with Gasteiger partial charge in [0.1, 0.15) is 0 Å². The van der Waals surface area contributed by atoms with Crippen LogP contribution in [-0.2, 0) is 11.2 Å². The van der Waals surface area contributed by atoms with Crippen LogP contribution in [-0.4, -0.2) is 42.1 Å². The fourth-order valence-corrected chi connectivity index (χ4v) is 3.86. The van der Waals surface area contributed by atoms with Crippen LogP contribution in [0.25, 0.3) is 0 Å². The lowest BCUT2D eigenvalue weighted by Gasteiger charge is -2.32. The summed E-state index contributed by atoms with van der Waals surface area (Å²) in [7, 11) is 0. The first-order chi connectivity index (χ1) is 11.6. The van der Waals surface area contributed by atoms with E-state index in [0.29, 0.717) is 6.54 Å². The third-order valence-electron chi connectivity index (χ3n) is 5.25. The maximum Gasteiger partial charge on any atom is 0.229 e. The van der Waals surface area contributed by atoms with E-state index < -0.39 is 6.10 Å². The van der Waals surface area contributed by atoms with Gasteiger partial charge >= 0.3 is 0 Å². The molecular weight excluding hydrogens is 300 g/mol. The maximum atomic E-state index is 12.4. The molecule has 2 aliphatic rings. The first kappa shape index (κ1) is 17.4. The molecule has 0 saturated carbocycles. The van der Waals surface area contributed by atoms with Crippen molar-refractivity contribution in [3.63, 3.8) is 0 Å². The highest BCUT2D eigenvalue weighted by Crippen LogP contribution is 2.31. The summed E-state index contributed by atoms with van der Waals surface area (Å²) in [5.41, 5.74) is 3.22.